The Morgan fingerprint density at radius 3 is 2.65 bits per heavy atom. The van der Waals surface area contributed by atoms with Crippen LogP contribution in [0.5, 0.6) is 0 Å². The molecule has 0 aliphatic carbocycles. The molecule has 8 heteroatoms. The summed E-state index contributed by atoms with van der Waals surface area (Å²) in [6, 6.07) is -0.566. The predicted octanol–water partition coefficient (Wildman–Crippen LogP) is 4.20. The van der Waals surface area contributed by atoms with Gasteiger partial charge in [0.05, 0.1) is 23.2 Å². The topological polar surface area (TPSA) is 87.1 Å². The number of unbranched alkanes of at least 4 members (excludes halogenated alkanes) is 3. The molecule has 0 aromatic carbocycles. The standard InChI is InChI=1S/C29H46N2O5S/c1-6-9-18-36-28(35)23-22-19-20(4)29(37-22)24(23)26(33)31(16-12-10-11-13-17-32)25(29)27(34)30(15-8-3)21(5)14-7-2/h6,8,20-25,32H,1,3,7,9-19H2,2,4-5H3/t20?,21?,22-,23+,24+,25?,29?/m1/s1. The second-order valence-electron chi connectivity index (χ2n) is 10.9. The van der Waals surface area contributed by atoms with Crippen molar-refractivity contribution in [1.29, 1.82) is 0 Å². The van der Waals surface area contributed by atoms with Crippen molar-refractivity contribution in [2.75, 3.05) is 26.3 Å². The van der Waals surface area contributed by atoms with E-state index < -0.39 is 22.6 Å². The van der Waals surface area contributed by atoms with Crippen molar-refractivity contribution in [3.63, 3.8) is 0 Å². The summed E-state index contributed by atoms with van der Waals surface area (Å²) >= 11 is 1.70. The highest BCUT2D eigenvalue weighted by Gasteiger charge is 2.76. The van der Waals surface area contributed by atoms with Gasteiger partial charge >= 0.3 is 5.97 Å². The average molecular weight is 535 g/mol. The molecule has 4 unspecified atom stereocenters. The molecule has 2 amide bonds. The lowest BCUT2D eigenvalue weighted by atomic mass is 9.66. The third-order valence-electron chi connectivity index (χ3n) is 8.47. The highest BCUT2D eigenvalue weighted by Crippen LogP contribution is 2.68. The summed E-state index contributed by atoms with van der Waals surface area (Å²) in [4.78, 5) is 45.5. The zero-order valence-electron chi connectivity index (χ0n) is 22.9. The molecule has 3 heterocycles. The van der Waals surface area contributed by atoms with E-state index in [0.717, 1.165) is 44.9 Å². The lowest BCUT2D eigenvalue weighted by molar-refractivity contribution is -0.154. The molecule has 1 spiro atoms. The summed E-state index contributed by atoms with van der Waals surface area (Å²) in [5, 5.41) is 9.12. The highest BCUT2D eigenvalue weighted by molar-refractivity contribution is 8.02. The SMILES string of the molecule is C=CCCOC(=O)[C@@H]1[C@H]2C(=O)N(CCCCCCO)C(C(=O)N(CC=C)C(C)CCC)C23S[C@@H]1CC3C. The normalized spacial score (nSPS) is 30.8. The minimum absolute atomic E-state index is 0.0110. The third-order valence-corrected chi connectivity index (χ3v) is 10.5. The lowest BCUT2D eigenvalue weighted by Gasteiger charge is -2.41. The van der Waals surface area contributed by atoms with Crippen molar-refractivity contribution in [2.24, 2.45) is 17.8 Å². The number of fused-ring (bicyclic) bond motifs is 1. The number of aliphatic hydroxyl groups excluding tert-OH is 1. The smallest absolute Gasteiger partial charge is 0.310 e. The van der Waals surface area contributed by atoms with Crippen LogP contribution in [0.15, 0.2) is 25.3 Å². The molecule has 3 rings (SSSR count). The van der Waals surface area contributed by atoms with Gasteiger partial charge in [0, 0.05) is 31.0 Å². The van der Waals surface area contributed by atoms with Gasteiger partial charge in [-0.3, -0.25) is 14.4 Å². The van der Waals surface area contributed by atoms with Crippen LogP contribution in [-0.2, 0) is 19.1 Å². The molecule has 0 saturated carbocycles. The maximum Gasteiger partial charge on any atom is 0.310 e. The molecule has 3 fully saturated rings. The number of carbonyl (C=O) groups is 3. The van der Waals surface area contributed by atoms with E-state index >= 15 is 0 Å². The van der Waals surface area contributed by atoms with Crippen LogP contribution in [0.25, 0.3) is 0 Å². The molecule has 208 valence electrons. The lowest BCUT2D eigenvalue weighted by Crippen LogP contribution is -2.58. The second kappa shape index (κ2) is 13.3. The molecule has 37 heavy (non-hydrogen) atoms. The number of ether oxygens (including phenoxy) is 1. The summed E-state index contributed by atoms with van der Waals surface area (Å²) in [6.07, 6.45) is 9.94. The van der Waals surface area contributed by atoms with E-state index in [1.54, 1.807) is 28.8 Å². The van der Waals surface area contributed by atoms with Gasteiger partial charge in [-0.2, -0.15) is 0 Å². The van der Waals surface area contributed by atoms with Crippen molar-refractivity contribution in [2.45, 2.75) is 94.2 Å². The van der Waals surface area contributed by atoms with E-state index in [2.05, 4.69) is 33.9 Å². The number of hydrogen-bond acceptors (Lipinski definition) is 6. The fourth-order valence-corrected chi connectivity index (χ4v) is 9.15. The van der Waals surface area contributed by atoms with Crippen LogP contribution >= 0.6 is 11.8 Å². The first kappa shape index (κ1) is 29.8. The Morgan fingerprint density at radius 2 is 2.00 bits per heavy atom. The van der Waals surface area contributed by atoms with Crippen molar-refractivity contribution in [1.82, 2.24) is 9.80 Å². The Balaban J connectivity index is 1.97. The Labute approximate surface area is 227 Å². The summed E-state index contributed by atoms with van der Waals surface area (Å²) in [5.41, 5.74) is 0. The molecule has 0 aromatic rings. The van der Waals surface area contributed by atoms with Crippen molar-refractivity contribution < 1.29 is 24.2 Å². The fourth-order valence-electron chi connectivity index (χ4n) is 6.75. The molecule has 2 bridgehead atoms. The first-order valence-electron chi connectivity index (χ1n) is 14.1. The molecular formula is C29H46N2O5S. The van der Waals surface area contributed by atoms with Crippen LogP contribution in [0.4, 0.5) is 0 Å². The van der Waals surface area contributed by atoms with Crippen LogP contribution in [0.2, 0.25) is 0 Å². The van der Waals surface area contributed by atoms with Gasteiger partial charge in [0.15, 0.2) is 0 Å². The predicted molar refractivity (Wildman–Crippen MR) is 148 cm³/mol. The monoisotopic (exact) mass is 534 g/mol. The van der Waals surface area contributed by atoms with Gasteiger partial charge in [-0.15, -0.1) is 24.9 Å². The van der Waals surface area contributed by atoms with Crippen LogP contribution in [0.3, 0.4) is 0 Å². The summed E-state index contributed by atoms with van der Waals surface area (Å²) in [5.74, 6) is -1.34. The van der Waals surface area contributed by atoms with Gasteiger partial charge in [0.1, 0.15) is 6.04 Å². The van der Waals surface area contributed by atoms with Gasteiger partial charge in [0.2, 0.25) is 11.8 Å². The highest BCUT2D eigenvalue weighted by atomic mass is 32.2. The molecule has 3 saturated heterocycles. The first-order chi connectivity index (χ1) is 17.8. The average Bonchev–Trinajstić information content (AvgIpc) is 3.46. The van der Waals surface area contributed by atoms with Gasteiger partial charge < -0.3 is 19.6 Å². The molecule has 3 aliphatic heterocycles. The number of rotatable bonds is 16. The number of amides is 2. The number of carbonyl (C=O) groups excluding carboxylic acids is 3. The van der Waals surface area contributed by atoms with Gasteiger partial charge in [-0.25, -0.2) is 0 Å². The molecule has 1 N–H and O–H groups in total. The number of nitrogens with zero attached hydrogens (tertiary/aromatic N) is 2. The number of hydrogen-bond donors (Lipinski definition) is 1. The molecular weight excluding hydrogens is 488 g/mol. The number of thioether (sulfide) groups is 1. The van der Waals surface area contributed by atoms with Crippen LogP contribution in [0, 0.1) is 17.8 Å². The van der Waals surface area contributed by atoms with Gasteiger partial charge in [-0.1, -0.05) is 45.3 Å². The van der Waals surface area contributed by atoms with Gasteiger partial charge in [0.25, 0.3) is 0 Å². The maximum atomic E-state index is 14.4. The molecule has 0 radical (unpaired) electrons. The number of esters is 1. The van der Waals surface area contributed by atoms with Crippen molar-refractivity contribution >= 4 is 29.5 Å². The Hall–Kier alpha value is -1.80. The molecule has 3 aliphatic rings. The summed E-state index contributed by atoms with van der Waals surface area (Å²) in [7, 11) is 0. The van der Waals surface area contributed by atoms with E-state index in [1.807, 2.05) is 4.90 Å². The van der Waals surface area contributed by atoms with E-state index in [4.69, 9.17) is 9.84 Å². The molecule has 0 aromatic heterocycles. The van der Waals surface area contributed by atoms with E-state index in [9.17, 15) is 14.4 Å². The van der Waals surface area contributed by atoms with E-state index in [1.165, 1.54) is 0 Å². The Morgan fingerprint density at radius 1 is 1.27 bits per heavy atom. The Bertz CT molecular complexity index is 850. The minimum atomic E-state index is -0.628. The van der Waals surface area contributed by atoms with Crippen LogP contribution < -0.4 is 0 Å². The van der Waals surface area contributed by atoms with Crippen molar-refractivity contribution in [3.05, 3.63) is 25.3 Å². The largest absolute Gasteiger partial charge is 0.465 e. The number of likely N-dealkylation sites (tertiary alicyclic amines) is 1. The fraction of sp³-hybridized carbons (Fsp3) is 0.759. The second-order valence-corrected chi connectivity index (χ2v) is 12.4. The van der Waals surface area contributed by atoms with Crippen LogP contribution in [0.1, 0.15) is 72.1 Å². The van der Waals surface area contributed by atoms with Gasteiger partial charge in [-0.05, 0) is 44.9 Å². The van der Waals surface area contributed by atoms with Crippen molar-refractivity contribution in [3.8, 4) is 0 Å². The number of aliphatic hydroxyl groups is 1. The molecule has 7 nitrogen and oxygen atoms in total. The molecule has 7 atom stereocenters. The third kappa shape index (κ3) is 5.65. The summed E-state index contributed by atoms with van der Waals surface area (Å²) in [6.45, 7) is 15.3. The minimum Gasteiger partial charge on any atom is -0.465 e. The summed E-state index contributed by atoms with van der Waals surface area (Å²) < 4.78 is 4.97. The van der Waals surface area contributed by atoms with E-state index in [0.29, 0.717) is 19.5 Å². The van der Waals surface area contributed by atoms with Crippen LogP contribution in [-0.4, -0.2) is 81.1 Å². The maximum absolute atomic E-state index is 14.4. The Kier molecular flexibility index (Phi) is 10.7. The van der Waals surface area contributed by atoms with E-state index in [-0.39, 0.29) is 48.2 Å². The zero-order valence-corrected chi connectivity index (χ0v) is 23.7. The quantitative estimate of drug-likeness (QED) is 0.181. The zero-order chi connectivity index (χ0) is 27.2. The first-order valence-corrected chi connectivity index (χ1v) is 15.0.